The molecule has 1 rings (SSSR count). The molecule has 0 saturated heterocycles. The van der Waals surface area contributed by atoms with Crippen LogP contribution in [0.4, 0.5) is 0 Å². The first-order valence-electron chi connectivity index (χ1n) is 3.29. The van der Waals surface area contributed by atoms with Crippen LogP contribution >= 0.6 is 0 Å². The Hall–Kier alpha value is -0.830. The first-order valence-corrected chi connectivity index (χ1v) is 3.29. The molecule has 0 unspecified atom stereocenters. The van der Waals surface area contributed by atoms with Crippen LogP contribution in [-0.2, 0) is 7.05 Å². The van der Waals surface area contributed by atoms with Crippen molar-refractivity contribution >= 4 is 0 Å². The van der Waals surface area contributed by atoms with Crippen LogP contribution in [-0.4, -0.2) is 14.9 Å². The highest BCUT2D eigenvalue weighted by molar-refractivity contribution is 5.16. The molecule has 1 aromatic rings. The van der Waals surface area contributed by atoms with E-state index in [1.807, 2.05) is 14.0 Å². The molecule has 0 fully saturated rings. The summed E-state index contributed by atoms with van der Waals surface area (Å²) in [4.78, 5) is 0. The molecule has 1 heterocycles. The lowest BCUT2D eigenvalue weighted by Crippen LogP contribution is -2.02. The van der Waals surface area contributed by atoms with Crippen molar-refractivity contribution in [3.05, 3.63) is 17.5 Å². The van der Waals surface area contributed by atoms with Crippen molar-refractivity contribution in [3.8, 4) is 0 Å². The second-order valence-corrected chi connectivity index (χ2v) is 2.51. The molecular formula is C7H12N2O. The van der Waals surface area contributed by atoms with Gasteiger partial charge in [-0.15, -0.1) is 0 Å². The van der Waals surface area contributed by atoms with E-state index < -0.39 is 6.10 Å². The topological polar surface area (TPSA) is 38.0 Å². The van der Waals surface area contributed by atoms with Crippen molar-refractivity contribution in [2.45, 2.75) is 20.0 Å². The van der Waals surface area contributed by atoms with Gasteiger partial charge in [-0.1, -0.05) is 0 Å². The lowest BCUT2D eigenvalue weighted by molar-refractivity contribution is 0.188. The highest BCUT2D eigenvalue weighted by atomic mass is 16.3. The Morgan fingerprint density at radius 3 is 2.50 bits per heavy atom. The Labute approximate surface area is 60.3 Å². The Bertz CT molecular complexity index is 208. The van der Waals surface area contributed by atoms with Gasteiger partial charge < -0.3 is 5.11 Å². The van der Waals surface area contributed by atoms with Crippen LogP contribution in [0.5, 0.6) is 0 Å². The van der Waals surface area contributed by atoms with Crippen molar-refractivity contribution in [1.82, 2.24) is 9.78 Å². The summed E-state index contributed by atoms with van der Waals surface area (Å²) >= 11 is 0. The number of hydrogen-bond donors (Lipinski definition) is 1. The van der Waals surface area contributed by atoms with Gasteiger partial charge in [-0.2, -0.15) is 5.10 Å². The van der Waals surface area contributed by atoms with Crippen molar-refractivity contribution in [2.75, 3.05) is 0 Å². The minimum absolute atomic E-state index is 0.424. The van der Waals surface area contributed by atoms with E-state index in [2.05, 4.69) is 5.10 Å². The van der Waals surface area contributed by atoms with Crippen molar-refractivity contribution < 1.29 is 5.11 Å². The van der Waals surface area contributed by atoms with Gasteiger partial charge in [-0.25, -0.2) is 0 Å². The molecular weight excluding hydrogens is 128 g/mol. The molecule has 3 heteroatoms. The molecule has 10 heavy (non-hydrogen) atoms. The third-order valence-electron chi connectivity index (χ3n) is 1.57. The van der Waals surface area contributed by atoms with Crippen molar-refractivity contribution in [2.24, 2.45) is 7.05 Å². The summed E-state index contributed by atoms with van der Waals surface area (Å²) in [6.07, 6.45) is 1.33. The molecule has 1 N–H and O–H groups in total. The van der Waals surface area contributed by atoms with E-state index in [9.17, 15) is 5.11 Å². The molecule has 0 aliphatic carbocycles. The molecule has 0 saturated carbocycles. The Kier molecular flexibility index (Phi) is 1.76. The first kappa shape index (κ1) is 7.28. The minimum Gasteiger partial charge on any atom is -0.387 e. The van der Waals surface area contributed by atoms with Gasteiger partial charge in [0.25, 0.3) is 0 Å². The van der Waals surface area contributed by atoms with E-state index in [0.717, 1.165) is 11.3 Å². The highest BCUT2D eigenvalue weighted by Crippen LogP contribution is 2.14. The standard InChI is InChI=1S/C7H12N2O/c1-5-4-8-9(3)7(5)6(2)10/h4,6,10H,1-3H3/t6-/m1/s1. The van der Waals surface area contributed by atoms with Crippen LogP contribution < -0.4 is 0 Å². The van der Waals surface area contributed by atoms with Gasteiger partial charge in [0.15, 0.2) is 0 Å². The van der Waals surface area contributed by atoms with E-state index in [0.29, 0.717) is 0 Å². The predicted molar refractivity (Wildman–Crippen MR) is 38.6 cm³/mol. The van der Waals surface area contributed by atoms with E-state index >= 15 is 0 Å². The number of nitrogens with zero attached hydrogens (tertiary/aromatic N) is 2. The van der Waals surface area contributed by atoms with Crippen LogP contribution in [0, 0.1) is 6.92 Å². The molecule has 0 aromatic carbocycles. The molecule has 0 bridgehead atoms. The molecule has 0 aliphatic rings. The van der Waals surface area contributed by atoms with Crippen LogP contribution in [0.2, 0.25) is 0 Å². The number of aliphatic hydroxyl groups excluding tert-OH is 1. The first-order chi connectivity index (χ1) is 4.63. The molecule has 0 spiro atoms. The van der Waals surface area contributed by atoms with Crippen LogP contribution in [0.1, 0.15) is 24.3 Å². The summed E-state index contributed by atoms with van der Waals surface area (Å²) in [5.41, 5.74) is 1.93. The maximum absolute atomic E-state index is 9.21. The monoisotopic (exact) mass is 140 g/mol. The van der Waals surface area contributed by atoms with E-state index in [1.165, 1.54) is 0 Å². The summed E-state index contributed by atoms with van der Waals surface area (Å²) in [6, 6.07) is 0. The molecule has 1 aromatic heterocycles. The Morgan fingerprint density at radius 1 is 1.70 bits per heavy atom. The van der Waals surface area contributed by atoms with Gasteiger partial charge in [-0.05, 0) is 19.4 Å². The smallest absolute Gasteiger partial charge is 0.0931 e. The summed E-state index contributed by atoms with van der Waals surface area (Å²) in [7, 11) is 1.83. The number of aliphatic hydroxyl groups is 1. The normalized spacial score (nSPS) is 13.6. The van der Waals surface area contributed by atoms with Gasteiger partial charge in [0.05, 0.1) is 18.0 Å². The summed E-state index contributed by atoms with van der Waals surface area (Å²) in [5.74, 6) is 0. The fraction of sp³-hybridized carbons (Fsp3) is 0.571. The van der Waals surface area contributed by atoms with Crippen LogP contribution in [0.25, 0.3) is 0 Å². The van der Waals surface area contributed by atoms with Crippen LogP contribution in [0.3, 0.4) is 0 Å². The fourth-order valence-corrected chi connectivity index (χ4v) is 1.16. The van der Waals surface area contributed by atoms with Crippen molar-refractivity contribution in [3.63, 3.8) is 0 Å². The second kappa shape index (κ2) is 2.42. The average Bonchev–Trinajstić information content (AvgIpc) is 2.11. The number of aromatic nitrogens is 2. The Balaban J connectivity index is 3.10. The Morgan fingerprint density at radius 2 is 2.30 bits per heavy atom. The lowest BCUT2D eigenvalue weighted by Gasteiger charge is -2.05. The molecule has 0 radical (unpaired) electrons. The molecule has 0 aliphatic heterocycles. The average molecular weight is 140 g/mol. The summed E-state index contributed by atoms with van der Waals surface area (Å²) in [6.45, 7) is 3.68. The van der Waals surface area contributed by atoms with Gasteiger partial charge in [0.2, 0.25) is 0 Å². The molecule has 0 amide bonds. The maximum atomic E-state index is 9.21. The van der Waals surface area contributed by atoms with E-state index in [-0.39, 0.29) is 0 Å². The second-order valence-electron chi connectivity index (χ2n) is 2.51. The predicted octanol–water partition coefficient (Wildman–Crippen LogP) is 0.782. The van der Waals surface area contributed by atoms with Gasteiger partial charge in [0.1, 0.15) is 0 Å². The lowest BCUT2D eigenvalue weighted by atomic mass is 10.2. The van der Waals surface area contributed by atoms with E-state index in [1.54, 1.807) is 17.8 Å². The minimum atomic E-state index is -0.424. The SMILES string of the molecule is Cc1cnn(C)c1[C@@H](C)O. The van der Waals surface area contributed by atoms with Gasteiger partial charge in [0, 0.05) is 7.05 Å². The summed E-state index contributed by atoms with van der Waals surface area (Å²) < 4.78 is 1.69. The van der Waals surface area contributed by atoms with Crippen molar-refractivity contribution in [1.29, 1.82) is 0 Å². The molecule has 56 valence electrons. The molecule has 1 atom stereocenters. The number of rotatable bonds is 1. The zero-order valence-corrected chi connectivity index (χ0v) is 6.50. The number of aryl methyl sites for hydroxylation is 2. The molecule has 3 nitrogen and oxygen atoms in total. The highest BCUT2D eigenvalue weighted by Gasteiger charge is 2.08. The van der Waals surface area contributed by atoms with Crippen LogP contribution in [0.15, 0.2) is 6.20 Å². The summed E-state index contributed by atoms with van der Waals surface area (Å²) in [5, 5.41) is 13.2. The third kappa shape index (κ3) is 1.04. The number of hydrogen-bond acceptors (Lipinski definition) is 2. The zero-order chi connectivity index (χ0) is 7.72. The fourth-order valence-electron chi connectivity index (χ4n) is 1.16. The van der Waals surface area contributed by atoms with Gasteiger partial charge in [-0.3, -0.25) is 4.68 Å². The zero-order valence-electron chi connectivity index (χ0n) is 6.50. The maximum Gasteiger partial charge on any atom is 0.0931 e. The third-order valence-corrected chi connectivity index (χ3v) is 1.57. The quantitative estimate of drug-likeness (QED) is 0.626. The largest absolute Gasteiger partial charge is 0.387 e. The van der Waals surface area contributed by atoms with E-state index in [4.69, 9.17) is 0 Å². The van der Waals surface area contributed by atoms with Gasteiger partial charge >= 0.3 is 0 Å².